The first-order valence-electron chi connectivity index (χ1n) is 0. The second kappa shape index (κ2) is 660. The molecule has 0 aromatic heterocycles. The predicted molar refractivity (Wildman–Crippen MR) is 0 cm³/mol. The van der Waals surface area contributed by atoms with Crippen LogP contribution in [0.2, 0.25) is 0 Å². The van der Waals surface area contributed by atoms with Gasteiger partial charge in [-0.2, -0.15) is 0 Å². The topological polar surface area (TPSA) is 0 Å². The number of rotatable bonds is 0. The summed E-state index contributed by atoms with van der Waals surface area (Å²) in [5, 5.41) is 0. The molecule has 0 spiro atoms. The quantitative estimate of drug-likeness (QED) is 0.321. The maximum Gasteiger partial charge on any atom is 0 e. The molecule has 0 radical (unpaired) electrons. The zero-order chi connectivity index (χ0) is 0. The Morgan fingerprint density at radius 1 is 0.0115 bits per heavy atom. The summed E-state index contributed by atoms with van der Waals surface area (Å²) in [6, 6.07) is 0. The molecule has 0 N–H and O–H groups in total. The van der Waals surface area contributed by atoms with Gasteiger partial charge in [-0.3, -0.25) is 0 Å². The third-order valence-corrected chi connectivity index (χ3v) is 0. The average molecular weight is 20700 g/mol. The molecule has 0 aromatic carbocycles. The van der Waals surface area contributed by atoms with Gasteiger partial charge < -0.3 is 0 Å². The normalized spacial score (nSPS) is 0. The van der Waals surface area contributed by atoms with E-state index in [1.807, 2.05) is 0 Å². The van der Waals surface area contributed by atoms with E-state index in [2.05, 4.69) is 0 Å². The fourth-order valence-corrected chi connectivity index (χ4v) is 0. The average Bonchev–Trinajstić information content (AvgIpc) is 0. The molecule has 0 rings (SSSR count). The first-order valence-corrected chi connectivity index (χ1v) is 0. The monoisotopic (exact) mass is 20700 g/mol. The van der Waals surface area contributed by atoms with Gasteiger partial charge in [-0.05, 0) is 0 Å². The van der Waals surface area contributed by atoms with Crippen LogP contribution in [0.25, 0.3) is 0 Å². The Hall–Kier alpha value is 91.5. The standard InChI is InChI=1S/87U. The summed E-state index contributed by atoms with van der Waals surface area (Å²) in [6.07, 6.45) is 0. The smallest absolute Gasteiger partial charge is 0 e. The molecule has 0 saturated carbocycles. The van der Waals surface area contributed by atoms with Crippen LogP contribution in [0.15, 0.2) is 0 Å². The Balaban J connectivity index is 0. The number of hydrogen-bond acceptors (Lipinski definition) is 0. The van der Waals surface area contributed by atoms with Crippen LogP contribution in [0.3, 0.4) is 0 Å². The summed E-state index contributed by atoms with van der Waals surface area (Å²) in [5.74, 6) is 0. The third kappa shape index (κ3) is 653. The van der Waals surface area contributed by atoms with E-state index in [0.717, 1.165) is 0 Å². The fraction of sp³-hybridized carbons (Fsp3) is 0. The van der Waals surface area contributed by atoms with Crippen LogP contribution < -0.4 is 0 Å². The van der Waals surface area contributed by atoms with Crippen LogP contribution >= 0.6 is 0 Å². The van der Waals surface area contributed by atoms with Crippen LogP contribution in [0.5, 0.6) is 0 Å². The van der Waals surface area contributed by atoms with Gasteiger partial charge in [-0.1, -0.05) is 0 Å². The van der Waals surface area contributed by atoms with Crippen LogP contribution in [0.1, 0.15) is 0 Å². The van der Waals surface area contributed by atoms with Gasteiger partial charge in [0.1, 0.15) is 0 Å². The van der Waals surface area contributed by atoms with Gasteiger partial charge in [-0.15, -0.1) is 0 Å². The van der Waals surface area contributed by atoms with Gasteiger partial charge in [0.25, 0.3) is 0 Å². The maximum absolute atomic E-state index is 0. The molecule has 0 amide bonds. The molecule has 87 heteroatoms. The summed E-state index contributed by atoms with van der Waals surface area (Å²) in [6.45, 7) is 0. The Labute approximate surface area is 2600 Å². The molecule has 0 fully saturated rings. The van der Waals surface area contributed by atoms with Crippen molar-refractivity contribution >= 4 is 0 Å². The molecule has 0 atom stereocenters. The van der Waals surface area contributed by atoms with E-state index < -0.39 is 0 Å². The van der Waals surface area contributed by atoms with Crippen molar-refractivity contribution in [3.8, 4) is 0 Å². The second-order valence-corrected chi connectivity index (χ2v) is 0. The molecule has 0 bridgehead atoms. The Kier molecular flexibility index (Phi) is 5100. The van der Waals surface area contributed by atoms with E-state index in [0.29, 0.717) is 0 Å². The Bertz CT molecular complexity index is 0. The van der Waals surface area contributed by atoms with Crippen molar-refractivity contribution in [3.05, 3.63) is 0 Å². The van der Waals surface area contributed by atoms with Crippen LogP contribution in [-0.2, 0) is 0 Å². The van der Waals surface area contributed by atoms with Gasteiger partial charge in [0, 0.05) is 2710 Å². The van der Waals surface area contributed by atoms with E-state index in [1.165, 1.54) is 0 Å². The molecule has 0 aliphatic heterocycles. The van der Waals surface area contributed by atoms with Crippen molar-refractivity contribution < 1.29 is 2710 Å². The molecule has 0 aliphatic rings. The molecule has 0 aliphatic carbocycles. The van der Waals surface area contributed by atoms with Crippen molar-refractivity contribution in [1.29, 1.82) is 0 Å². The fourth-order valence-electron chi connectivity index (χ4n) is 0. The van der Waals surface area contributed by atoms with Gasteiger partial charge in [0.15, 0.2) is 0 Å². The largest absolute Gasteiger partial charge is 0 e. The molecule has 0 aromatic rings. The van der Waals surface area contributed by atoms with E-state index in [1.54, 1.807) is 0 Å². The van der Waals surface area contributed by atoms with E-state index in [9.17, 15) is 0 Å². The summed E-state index contributed by atoms with van der Waals surface area (Å²) < 4.78 is 0. The molecular weight excluding hydrogens is 20700 g/mol. The zero-order valence-corrected chi connectivity index (χ0v) is 406. The van der Waals surface area contributed by atoms with E-state index in [4.69, 9.17) is 0 Å². The van der Waals surface area contributed by atoms with E-state index >= 15 is 0 Å². The SMILES string of the molecule is [U].[U].[U].[U].[U].[U].[U].[U].[U].[U].[U].[U].[U].[U].[U].[U].[U].[U].[U].[U].[U].[U].[U].[U].[U].[U].[U].[U].[U].[U].[U].[U].[U].[U].[U].[U].[U].[U].[U].[U].[U].[U].[U].[U].[U].[U].[U].[U].[U].[U].[U].[U].[U].[U].[U].[U].[U].[U].[U].[U].[U].[U].[U].[U].[U].[U].[U].[U].[U].[U].[U].[U].[U].[U].[U].[U].[U].[U].[U].[U].[U].[U].[U].[U].[U].[U].[U]. The van der Waals surface area contributed by atoms with Crippen molar-refractivity contribution in [2.24, 2.45) is 0 Å². The van der Waals surface area contributed by atoms with Crippen molar-refractivity contribution in [2.75, 3.05) is 0 Å². The molecule has 0 unspecified atom stereocenters. The minimum Gasteiger partial charge on any atom is 0 e. The van der Waals surface area contributed by atoms with Crippen molar-refractivity contribution in [1.82, 2.24) is 0 Å². The van der Waals surface area contributed by atoms with Gasteiger partial charge in [0.05, 0.1) is 0 Å². The minimum atomic E-state index is 0. The summed E-state index contributed by atoms with van der Waals surface area (Å²) in [7, 11) is 0. The van der Waals surface area contributed by atoms with Gasteiger partial charge in [-0.25, -0.2) is 0 Å². The predicted octanol–water partition coefficient (Wildman–Crippen LogP) is 0. The molecule has 0 saturated heterocycles. The molecular formula is U87. The molecule has 0 heterocycles. The molecule has 348 valence electrons. The summed E-state index contributed by atoms with van der Waals surface area (Å²) >= 11 is 0. The van der Waals surface area contributed by atoms with Crippen molar-refractivity contribution in [2.45, 2.75) is 0 Å². The molecule has 0 nitrogen and oxygen atoms in total. The van der Waals surface area contributed by atoms with Crippen molar-refractivity contribution in [3.63, 3.8) is 0 Å². The van der Waals surface area contributed by atoms with Gasteiger partial charge in [0.2, 0.25) is 0 Å². The summed E-state index contributed by atoms with van der Waals surface area (Å²) in [5.41, 5.74) is 0. The molecule has 87 heavy (non-hydrogen) atoms. The minimum absolute atomic E-state index is 0. The van der Waals surface area contributed by atoms with Crippen LogP contribution in [0.4, 0.5) is 0 Å². The Morgan fingerprint density at radius 2 is 0.0115 bits per heavy atom. The first kappa shape index (κ1) is 672. The van der Waals surface area contributed by atoms with Gasteiger partial charge >= 0.3 is 0 Å². The summed E-state index contributed by atoms with van der Waals surface area (Å²) in [4.78, 5) is 0. The van der Waals surface area contributed by atoms with Crippen LogP contribution in [-0.4, -0.2) is 0 Å². The second-order valence-electron chi connectivity index (χ2n) is 0. The zero-order valence-electron chi connectivity index (χ0n) is 43.5. The Morgan fingerprint density at radius 3 is 0.0115 bits per heavy atom. The first-order chi connectivity index (χ1) is 0. The maximum atomic E-state index is 0. The number of hydrogen-bond donors (Lipinski definition) is 0. The van der Waals surface area contributed by atoms with E-state index in [-0.39, 0.29) is 2710 Å². The third-order valence-electron chi connectivity index (χ3n) is 0. The van der Waals surface area contributed by atoms with Crippen LogP contribution in [0, 0.1) is 2710 Å².